The molecular formula is C11H20O. The van der Waals surface area contributed by atoms with Crippen LogP contribution in [0.15, 0.2) is 0 Å². The van der Waals surface area contributed by atoms with E-state index in [4.69, 9.17) is 0 Å². The second-order valence-electron chi connectivity index (χ2n) is 5.08. The van der Waals surface area contributed by atoms with E-state index in [1.807, 2.05) is 0 Å². The highest BCUT2D eigenvalue weighted by molar-refractivity contribution is 5.61. The number of aldehydes is 1. The van der Waals surface area contributed by atoms with Gasteiger partial charge in [0.2, 0.25) is 0 Å². The number of carbonyl (C=O) groups is 1. The van der Waals surface area contributed by atoms with E-state index < -0.39 is 0 Å². The topological polar surface area (TPSA) is 17.1 Å². The van der Waals surface area contributed by atoms with Gasteiger partial charge in [-0.3, -0.25) is 0 Å². The van der Waals surface area contributed by atoms with Crippen LogP contribution in [0.25, 0.3) is 0 Å². The molecule has 0 amide bonds. The molecule has 1 saturated carbocycles. The van der Waals surface area contributed by atoms with E-state index in [2.05, 4.69) is 20.8 Å². The van der Waals surface area contributed by atoms with Gasteiger partial charge in [-0.15, -0.1) is 0 Å². The zero-order valence-corrected chi connectivity index (χ0v) is 8.52. The quantitative estimate of drug-likeness (QED) is 0.549. The van der Waals surface area contributed by atoms with Crippen molar-refractivity contribution >= 4 is 6.29 Å². The van der Waals surface area contributed by atoms with E-state index in [9.17, 15) is 4.79 Å². The van der Waals surface area contributed by atoms with Gasteiger partial charge in [-0.25, -0.2) is 0 Å². The predicted molar refractivity (Wildman–Crippen MR) is 51.0 cm³/mol. The minimum absolute atomic E-state index is 0.0226. The molecule has 0 atom stereocenters. The third-order valence-electron chi connectivity index (χ3n) is 3.47. The van der Waals surface area contributed by atoms with E-state index >= 15 is 0 Å². The summed E-state index contributed by atoms with van der Waals surface area (Å²) in [5, 5.41) is 0. The van der Waals surface area contributed by atoms with E-state index in [-0.39, 0.29) is 10.8 Å². The molecule has 1 aliphatic rings. The summed E-state index contributed by atoms with van der Waals surface area (Å²) < 4.78 is 0. The van der Waals surface area contributed by atoms with Crippen LogP contribution in [0.5, 0.6) is 0 Å². The molecular weight excluding hydrogens is 148 g/mol. The lowest BCUT2D eigenvalue weighted by atomic mass is 9.60. The molecule has 1 rings (SSSR count). The largest absolute Gasteiger partial charge is 0.303 e. The molecule has 0 saturated heterocycles. The predicted octanol–water partition coefficient (Wildman–Crippen LogP) is 3.18. The average Bonchev–Trinajstić information content (AvgIpc) is 2.04. The standard InChI is InChI=1S/C11H20O/c1-10(2,3)11(9-12)7-5-4-6-8-11/h9H,4-8H2,1-3H3. The summed E-state index contributed by atoms with van der Waals surface area (Å²) in [7, 11) is 0. The molecule has 1 aliphatic carbocycles. The first-order valence-electron chi connectivity index (χ1n) is 4.98. The van der Waals surface area contributed by atoms with Gasteiger partial charge in [0.05, 0.1) is 0 Å². The number of carbonyl (C=O) groups excluding carboxylic acids is 1. The van der Waals surface area contributed by atoms with Crippen molar-refractivity contribution in [3.63, 3.8) is 0 Å². The molecule has 0 aliphatic heterocycles. The van der Waals surface area contributed by atoms with Crippen molar-refractivity contribution in [1.29, 1.82) is 0 Å². The summed E-state index contributed by atoms with van der Waals surface area (Å²) in [4.78, 5) is 11.1. The van der Waals surface area contributed by atoms with Gasteiger partial charge >= 0.3 is 0 Å². The highest BCUT2D eigenvalue weighted by Crippen LogP contribution is 2.47. The van der Waals surface area contributed by atoms with Crippen LogP contribution in [0.2, 0.25) is 0 Å². The van der Waals surface area contributed by atoms with Crippen LogP contribution in [0, 0.1) is 10.8 Å². The normalized spacial score (nSPS) is 23.6. The van der Waals surface area contributed by atoms with Crippen LogP contribution in [0.4, 0.5) is 0 Å². The van der Waals surface area contributed by atoms with Crippen LogP contribution < -0.4 is 0 Å². The van der Waals surface area contributed by atoms with Gasteiger partial charge in [-0.05, 0) is 18.3 Å². The van der Waals surface area contributed by atoms with Crippen LogP contribution >= 0.6 is 0 Å². The molecule has 12 heavy (non-hydrogen) atoms. The van der Waals surface area contributed by atoms with E-state index in [1.165, 1.54) is 25.5 Å². The monoisotopic (exact) mass is 168 g/mol. The van der Waals surface area contributed by atoms with Gasteiger partial charge in [0.25, 0.3) is 0 Å². The Labute approximate surface area is 75.5 Å². The molecule has 1 nitrogen and oxygen atoms in total. The number of rotatable bonds is 1. The maximum atomic E-state index is 11.1. The first-order chi connectivity index (χ1) is 5.52. The summed E-state index contributed by atoms with van der Waals surface area (Å²) in [5.41, 5.74) is 0.125. The Balaban J connectivity index is 2.80. The summed E-state index contributed by atoms with van der Waals surface area (Å²) in [6.07, 6.45) is 7.18. The van der Waals surface area contributed by atoms with E-state index in [0.29, 0.717) is 0 Å². The Morgan fingerprint density at radius 2 is 1.58 bits per heavy atom. The van der Waals surface area contributed by atoms with Gasteiger partial charge in [0.1, 0.15) is 6.29 Å². The van der Waals surface area contributed by atoms with Crippen molar-refractivity contribution in [2.75, 3.05) is 0 Å². The third-order valence-corrected chi connectivity index (χ3v) is 3.47. The van der Waals surface area contributed by atoms with E-state index in [1.54, 1.807) is 0 Å². The maximum absolute atomic E-state index is 11.1. The second-order valence-corrected chi connectivity index (χ2v) is 5.08. The summed E-state index contributed by atoms with van der Waals surface area (Å²) in [6.45, 7) is 6.56. The van der Waals surface area contributed by atoms with Crippen molar-refractivity contribution < 1.29 is 4.79 Å². The van der Waals surface area contributed by atoms with Gasteiger partial charge in [-0.1, -0.05) is 40.0 Å². The molecule has 0 aromatic rings. The number of hydrogen-bond donors (Lipinski definition) is 0. The SMILES string of the molecule is CC(C)(C)C1(C=O)CCCCC1. The van der Waals surface area contributed by atoms with Crippen molar-refractivity contribution in [2.24, 2.45) is 10.8 Å². The van der Waals surface area contributed by atoms with Crippen LogP contribution in [0.3, 0.4) is 0 Å². The Morgan fingerprint density at radius 1 is 1.08 bits per heavy atom. The molecule has 0 heterocycles. The first-order valence-corrected chi connectivity index (χ1v) is 4.98. The van der Waals surface area contributed by atoms with Gasteiger partial charge < -0.3 is 4.79 Å². The molecule has 0 N–H and O–H groups in total. The van der Waals surface area contributed by atoms with Crippen LogP contribution in [-0.4, -0.2) is 6.29 Å². The fourth-order valence-corrected chi connectivity index (χ4v) is 2.23. The Hall–Kier alpha value is -0.330. The van der Waals surface area contributed by atoms with Crippen molar-refractivity contribution in [3.05, 3.63) is 0 Å². The molecule has 0 aromatic heterocycles. The zero-order chi connectivity index (χ0) is 9.24. The molecule has 0 aromatic carbocycles. The van der Waals surface area contributed by atoms with Gasteiger partial charge in [0.15, 0.2) is 0 Å². The van der Waals surface area contributed by atoms with Crippen LogP contribution in [0.1, 0.15) is 52.9 Å². The minimum atomic E-state index is -0.0226. The molecule has 0 radical (unpaired) electrons. The first kappa shape index (κ1) is 9.76. The Kier molecular flexibility index (Phi) is 2.60. The Morgan fingerprint density at radius 3 is 1.83 bits per heavy atom. The van der Waals surface area contributed by atoms with Gasteiger partial charge in [-0.2, -0.15) is 0 Å². The smallest absolute Gasteiger partial charge is 0.126 e. The fraction of sp³-hybridized carbons (Fsp3) is 0.909. The highest BCUT2D eigenvalue weighted by atomic mass is 16.1. The van der Waals surface area contributed by atoms with Crippen molar-refractivity contribution in [3.8, 4) is 0 Å². The third kappa shape index (κ3) is 1.55. The second kappa shape index (κ2) is 3.20. The minimum Gasteiger partial charge on any atom is -0.303 e. The maximum Gasteiger partial charge on any atom is 0.126 e. The van der Waals surface area contributed by atoms with Gasteiger partial charge in [0, 0.05) is 5.41 Å². The number of hydrogen-bond acceptors (Lipinski definition) is 1. The van der Waals surface area contributed by atoms with E-state index in [0.717, 1.165) is 12.8 Å². The molecule has 1 fully saturated rings. The molecule has 1 heteroatoms. The lowest BCUT2D eigenvalue weighted by molar-refractivity contribution is -0.124. The Bertz CT molecular complexity index is 158. The van der Waals surface area contributed by atoms with Crippen molar-refractivity contribution in [1.82, 2.24) is 0 Å². The average molecular weight is 168 g/mol. The van der Waals surface area contributed by atoms with Crippen molar-refractivity contribution in [2.45, 2.75) is 52.9 Å². The molecule has 0 unspecified atom stereocenters. The highest BCUT2D eigenvalue weighted by Gasteiger charge is 2.42. The molecule has 0 bridgehead atoms. The lowest BCUT2D eigenvalue weighted by Gasteiger charge is -2.43. The summed E-state index contributed by atoms with van der Waals surface area (Å²) in [5.74, 6) is 0. The molecule has 0 spiro atoms. The summed E-state index contributed by atoms with van der Waals surface area (Å²) in [6, 6.07) is 0. The lowest BCUT2D eigenvalue weighted by Crippen LogP contribution is -2.38. The van der Waals surface area contributed by atoms with Crippen LogP contribution in [-0.2, 0) is 4.79 Å². The zero-order valence-electron chi connectivity index (χ0n) is 8.52. The summed E-state index contributed by atoms with van der Waals surface area (Å²) >= 11 is 0. The molecule has 70 valence electrons. The fourth-order valence-electron chi connectivity index (χ4n) is 2.23.